The topological polar surface area (TPSA) is 75.6 Å². The summed E-state index contributed by atoms with van der Waals surface area (Å²) in [6, 6.07) is 0. The summed E-state index contributed by atoms with van der Waals surface area (Å²) in [5.74, 6) is -1.75. The van der Waals surface area contributed by atoms with Crippen molar-refractivity contribution in [2.24, 2.45) is 5.41 Å². The summed E-state index contributed by atoms with van der Waals surface area (Å²) in [6.45, 7) is 2.20. The first-order valence-corrected chi connectivity index (χ1v) is 3.75. The standard InChI is InChI=1S/C7H11NO4/c1-2-12-6(11)7(5(9)10)3-8-4-7/h8H,2-4H2,1H3,(H,9,10). The first kappa shape index (κ1) is 8.99. The van der Waals surface area contributed by atoms with E-state index in [1.165, 1.54) is 0 Å². The maximum Gasteiger partial charge on any atom is 0.326 e. The van der Waals surface area contributed by atoms with E-state index in [0.29, 0.717) is 0 Å². The van der Waals surface area contributed by atoms with E-state index in [1.54, 1.807) is 6.92 Å². The zero-order valence-electron chi connectivity index (χ0n) is 6.79. The number of ether oxygens (including phenoxy) is 1. The molecule has 1 saturated heterocycles. The van der Waals surface area contributed by atoms with Crippen molar-refractivity contribution in [2.75, 3.05) is 19.7 Å². The average Bonchev–Trinajstić information content (AvgIpc) is 1.83. The van der Waals surface area contributed by atoms with Gasteiger partial charge in [-0.2, -0.15) is 0 Å². The average molecular weight is 173 g/mol. The van der Waals surface area contributed by atoms with Gasteiger partial charge in [-0.05, 0) is 6.92 Å². The SMILES string of the molecule is CCOC(=O)C1(C(=O)O)CNC1. The third-order valence-corrected chi connectivity index (χ3v) is 1.93. The highest BCUT2D eigenvalue weighted by Crippen LogP contribution is 2.24. The van der Waals surface area contributed by atoms with Crippen LogP contribution in [0.5, 0.6) is 0 Å². The lowest BCUT2D eigenvalue weighted by molar-refractivity contribution is -0.172. The van der Waals surface area contributed by atoms with Gasteiger partial charge in [-0.15, -0.1) is 0 Å². The smallest absolute Gasteiger partial charge is 0.326 e. The second-order valence-corrected chi connectivity index (χ2v) is 2.71. The lowest BCUT2D eigenvalue weighted by Gasteiger charge is -2.35. The molecule has 0 atom stereocenters. The normalized spacial score (nSPS) is 19.4. The molecule has 0 aromatic rings. The van der Waals surface area contributed by atoms with E-state index in [-0.39, 0.29) is 19.7 Å². The van der Waals surface area contributed by atoms with Crippen molar-refractivity contribution in [1.82, 2.24) is 5.32 Å². The molecule has 0 aromatic heterocycles. The Labute approximate surface area is 69.7 Å². The number of carboxylic acid groups (broad SMARTS) is 1. The molecule has 1 rings (SSSR count). The fourth-order valence-electron chi connectivity index (χ4n) is 1.03. The zero-order chi connectivity index (χ0) is 9.19. The van der Waals surface area contributed by atoms with Crippen LogP contribution in [0.25, 0.3) is 0 Å². The van der Waals surface area contributed by atoms with Crippen molar-refractivity contribution in [3.8, 4) is 0 Å². The molecule has 0 spiro atoms. The predicted molar refractivity (Wildman–Crippen MR) is 39.6 cm³/mol. The lowest BCUT2D eigenvalue weighted by Crippen LogP contribution is -2.63. The Hall–Kier alpha value is -1.10. The molecule has 1 heterocycles. The molecule has 0 aromatic carbocycles. The molecule has 5 nitrogen and oxygen atoms in total. The monoisotopic (exact) mass is 173 g/mol. The number of esters is 1. The number of carbonyl (C=O) groups excluding carboxylic acids is 1. The zero-order valence-corrected chi connectivity index (χ0v) is 6.79. The van der Waals surface area contributed by atoms with Crippen LogP contribution >= 0.6 is 0 Å². The van der Waals surface area contributed by atoms with E-state index in [2.05, 4.69) is 10.1 Å². The quantitative estimate of drug-likeness (QED) is 0.432. The molecule has 0 aliphatic carbocycles. The molecule has 0 bridgehead atoms. The lowest BCUT2D eigenvalue weighted by atomic mass is 9.82. The number of rotatable bonds is 3. The van der Waals surface area contributed by atoms with Gasteiger partial charge < -0.3 is 15.2 Å². The Kier molecular flexibility index (Phi) is 2.32. The Morgan fingerprint density at radius 1 is 1.58 bits per heavy atom. The minimum Gasteiger partial charge on any atom is -0.480 e. The van der Waals surface area contributed by atoms with Gasteiger partial charge in [-0.25, -0.2) is 0 Å². The van der Waals surface area contributed by atoms with Crippen molar-refractivity contribution in [1.29, 1.82) is 0 Å². The van der Waals surface area contributed by atoms with Gasteiger partial charge in [-0.1, -0.05) is 0 Å². The number of nitrogens with one attached hydrogen (secondary N) is 1. The minimum atomic E-state index is -1.32. The number of carboxylic acids is 1. The highest BCUT2D eigenvalue weighted by atomic mass is 16.5. The van der Waals surface area contributed by atoms with Crippen LogP contribution in [-0.2, 0) is 14.3 Å². The molecule has 12 heavy (non-hydrogen) atoms. The Morgan fingerprint density at radius 3 is 2.42 bits per heavy atom. The number of aliphatic carboxylic acids is 1. The highest BCUT2D eigenvalue weighted by Gasteiger charge is 2.52. The van der Waals surface area contributed by atoms with Gasteiger partial charge in [-0.3, -0.25) is 9.59 Å². The van der Waals surface area contributed by atoms with Crippen molar-refractivity contribution in [3.05, 3.63) is 0 Å². The van der Waals surface area contributed by atoms with E-state index in [1.807, 2.05) is 0 Å². The molecule has 1 aliphatic heterocycles. The Bertz CT molecular complexity index is 209. The third kappa shape index (κ3) is 1.16. The van der Waals surface area contributed by atoms with Gasteiger partial charge in [0.25, 0.3) is 0 Å². The van der Waals surface area contributed by atoms with Gasteiger partial charge in [0.15, 0.2) is 5.41 Å². The van der Waals surface area contributed by atoms with Gasteiger partial charge in [0.2, 0.25) is 0 Å². The molecule has 0 radical (unpaired) electrons. The van der Waals surface area contributed by atoms with Crippen molar-refractivity contribution < 1.29 is 19.4 Å². The molecular formula is C7H11NO4. The Morgan fingerprint density at radius 2 is 2.17 bits per heavy atom. The summed E-state index contributed by atoms with van der Waals surface area (Å²) < 4.78 is 4.65. The van der Waals surface area contributed by atoms with Crippen LogP contribution in [-0.4, -0.2) is 36.7 Å². The van der Waals surface area contributed by atoms with Crippen LogP contribution in [0.1, 0.15) is 6.92 Å². The van der Waals surface area contributed by atoms with Crippen LogP contribution < -0.4 is 5.32 Å². The summed E-state index contributed by atoms with van der Waals surface area (Å²) >= 11 is 0. The van der Waals surface area contributed by atoms with E-state index < -0.39 is 17.4 Å². The van der Waals surface area contributed by atoms with Crippen molar-refractivity contribution >= 4 is 11.9 Å². The maximum absolute atomic E-state index is 11.1. The van der Waals surface area contributed by atoms with Crippen LogP contribution in [0, 0.1) is 5.41 Å². The summed E-state index contributed by atoms with van der Waals surface area (Å²) in [5, 5.41) is 11.5. The van der Waals surface area contributed by atoms with Crippen LogP contribution in [0.4, 0.5) is 0 Å². The van der Waals surface area contributed by atoms with Gasteiger partial charge in [0.1, 0.15) is 0 Å². The molecule has 0 unspecified atom stereocenters. The molecular weight excluding hydrogens is 162 g/mol. The molecule has 5 heteroatoms. The fraction of sp³-hybridized carbons (Fsp3) is 0.714. The van der Waals surface area contributed by atoms with Gasteiger partial charge in [0, 0.05) is 13.1 Å². The molecule has 1 aliphatic rings. The van der Waals surface area contributed by atoms with E-state index in [0.717, 1.165) is 0 Å². The van der Waals surface area contributed by atoms with Crippen LogP contribution in [0.15, 0.2) is 0 Å². The number of hydrogen-bond donors (Lipinski definition) is 2. The predicted octanol–water partition coefficient (Wildman–Crippen LogP) is -0.776. The van der Waals surface area contributed by atoms with Crippen LogP contribution in [0.3, 0.4) is 0 Å². The third-order valence-electron chi connectivity index (χ3n) is 1.93. The fourth-order valence-corrected chi connectivity index (χ4v) is 1.03. The summed E-state index contributed by atoms with van der Waals surface area (Å²) in [5.41, 5.74) is -1.32. The molecule has 2 N–H and O–H groups in total. The van der Waals surface area contributed by atoms with Gasteiger partial charge >= 0.3 is 11.9 Å². The first-order chi connectivity index (χ1) is 5.63. The number of carbonyl (C=O) groups is 2. The summed E-state index contributed by atoms with van der Waals surface area (Å²) in [4.78, 5) is 21.8. The Balaban J connectivity index is 2.67. The molecule has 1 fully saturated rings. The van der Waals surface area contributed by atoms with Crippen molar-refractivity contribution in [3.63, 3.8) is 0 Å². The largest absolute Gasteiger partial charge is 0.480 e. The van der Waals surface area contributed by atoms with Crippen molar-refractivity contribution in [2.45, 2.75) is 6.92 Å². The van der Waals surface area contributed by atoms with E-state index in [9.17, 15) is 9.59 Å². The summed E-state index contributed by atoms with van der Waals surface area (Å²) in [7, 11) is 0. The highest BCUT2D eigenvalue weighted by molar-refractivity contribution is 6.00. The van der Waals surface area contributed by atoms with E-state index in [4.69, 9.17) is 5.11 Å². The molecule has 0 saturated carbocycles. The molecule has 0 amide bonds. The van der Waals surface area contributed by atoms with Gasteiger partial charge in [0.05, 0.1) is 6.61 Å². The maximum atomic E-state index is 11.1. The summed E-state index contributed by atoms with van der Waals surface area (Å²) in [6.07, 6.45) is 0. The second kappa shape index (κ2) is 3.10. The van der Waals surface area contributed by atoms with Crippen LogP contribution in [0.2, 0.25) is 0 Å². The minimum absolute atomic E-state index is 0.168. The van der Waals surface area contributed by atoms with E-state index >= 15 is 0 Å². The first-order valence-electron chi connectivity index (χ1n) is 3.75. The number of hydrogen-bond acceptors (Lipinski definition) is 4. The second-order valence-electron chi connectivity index (χ2n) is 2.71. The molecule has 68 valence electrons.